The second-order valence-electron chi connectivity index (χ2n) is 16.0. The van der Waals surface area contributed by atoms with Crippen molar-refractivity contribution >= 4 is 57.9 Å². The number of amides is 3. The third kappa shape index (κ3) is 9.59. The Morgan fingerprint density at radius 3 is 1.62 bits per heavy atom. The second kappa shape index (κ2) is 18.4. The molecule has 336 valence electrons. The van der Waals surface area contributed by atoms with Crippen LogP contribution in [0.1, 0.15) is 75.3 Å². The molecule has 65 heavy (non-hydrogen) atoms. The van der Waals surface area contributed by atoms with Crippen molar-refractivity contribution in [2.75, 3.05) is 38.9 Å². The highest BCUT2D eigenvalue weighted by Gasteiger charge is 2.34. The molecule has 6 aromatic rings. The summed E-state index contributed by atoms with van der Waals surface area (Å²) in [5, 5.41) is 14.8. The topological polar surface area (TPSA) is 247 Å². The first-order valence-electron chi connectivity index (χ1n) is 20.8. The number of aromatic nitrogens is 6. The number of hydrogen-bond donors (Lipinski definition) is 3. The van der Waals surface area contributed by atoms with Crippen molar-refractivity contribution in [3.05, 3.63) is 93.7 Å². The average Bonchev–Trinajstić information content (AvgIpc) is 4.18. The van der Waals surface area contributed by atoms with E-state index in [2.05, 4.69) is 40.9 Å². The number of carbonyl (C=O) groups excluding carboxylic acids is 4. The van der Waals surface area contributed by atoms with Gasteiger partial charge in [-0.1, -0.05) is 34.0 Å². The zero-order chi connectivity index (χ0) is 46.1. The number of benzene rings is 2. The number of aryl methyl sites for hydroxylation is 2. The van der Waals surface area contributed by atoms with E-state index >= 15 is 0 Å². The predicted molar refractivity (Wildman–Crippen MR) is 237 cm³/mol. The fourth-order valence-electron chi connectivity index (χ4n) is 7.45. The monoisotopic (exact) mass is 903 g/mol. The maximum atomic E-state index is 12.8. The Kier molecular flexibility index (Phi) is 12.5. The number of nitrogens with two attached hydrogens (primary N) is 1. The number of halogens is 1. The van der Waals surface area contributed by atoms with Crippen LogP contribution in [0, 0.1) is 25.7 Å². The molecule has 4 aromatic heterocycles. The lowest BCUT2D eigenvalue weighted by Gasteiger charge is -2.16. The summed E-state index contributed by atoms with van der Waals surface area (Å²) in [6.45, 7) is 4.27. The largest absolute Gasteiger partial charge is 0.494 e. The summed E-state index contributed by atoms with van der Waals surface area (Å²) in [5.74, 6) is 3.03. The number of rotatable bonds is 12. The zero-order valence-electron chi connectivity index (χ0n) is 36.5. The lowest BCUT2D eigenvalue weighted by Crippen LogP contribution is -2.18. The molecule has 2 aliphatic carbocycles. The van der Waals surface area contributed by atoms with Crippen LogP contribution in [0.3, 0.4) is 0 Å². The van der Waals surface area contributed by atoms with Gasteiger partial charge in [-0.2, -0.15) is 9.97 Å². The number of pyridine rings is 2. The van der Waals surface area contributed by atoms with Gasteiger partial charge < -0.3 is 44.7 Å². The van der Waals surface area contributed by atoms with Crippen LogP contribution in [-0.2, 0) is 29.1 Å². The Hall–Kier alpha value is -7.41. The van der Waals surface area contributed by atoms with Gasteiger partial charge in [0.15, 0.2) is 11.5 Å². The number of methoxy groups -OCH3 is 2. The van der Waals surface area contributed by atoms with Gasteiger partial charge >= 0.3 is 0 Å². The summed E-state index contributed by atoms with van der Waals surface area (Å²) < 4.78 is 21.4. The molecule has 6 heterocycles. The lowest BCUT2D eigenvalue weighted by molar-refractivity contribution is -0.120. The first-order chi connectivity index (χ1) is 31.2. The number of primary amides is 1. The molecule has 20 heteroatoms. The van der Waals surface area contributed by atoms with Crippen LogP contribution in [0.4, 0.5) is 22.7 Å². The number of nitrogens with one attached hydrogen (secondary N) is 2. The van der Waals surface area contributed by atoms with Gasteiger partial charge in [-0.3, -0.25) is 24.2 Å². The molecule has 0 spiro atoms. The van der Waals surface area contributed by atoms with E-state index in [4.69, 9.17) is 35.9 Å². The molecule has 0 unspecified atom stereocenters. The lowest BCUT2D eigenvalue weighted by atomic mass is 10.1. The SMILES string of the molecule is COc1c(Nc2cc(CC(=O)C3CC3)nc3c2C(=O)N(C)C3)cccc1-c1noc(C)n1.COc1c(Nc2cc(Cl)nc3c2C(=O)N(C)C3)cccc1-c1noc(C)n1.NC(=O)C1CC1. The van der Waals surface area contributed by atoms with Gasteiger partial charge in [0.05, 0.1) is 89.4 Å². The fraction of sp³-hybridized carbons (Fsp3) is 0.333. The van der Waals surface area contributed by atoms with E-state index < -0.39 is 0 Å². The Morgan fingerprint density at radius 2 is 1.20 bits per heavy atom. The molecule has 2 fully saturated rings. The van der Waals surface area contributed by atoms with Gasteiger partial charge in [0.2, 0.25) is 29.3 Å². The molecule has 19 nitrogen and oxygen atoms in total. The van der Waals surface area contributed by atoms with Crippen molar-refractivity contribution in [3.63, 3.8) is 0 Å². The predicted octanol–water partition coefficient (Wildman–Crippen LogP) is 6.61. The maximum absolute atomic E-state index is 12.8. The van der Waals surface area contributed by atoms with E-state index in [1.807, 2.05) is 36.4 Å². The highest BCUT2D eigenvalue weighted by molar-refractivity contribution is 6.30. The zero-order valence-corrected chi connectivity index (χ0v) is 37.3. The molecule has 0 atom stereocenters. The summed E-state index contributed by atoms with van der Waals surface area (Å²) in [5.41, 5.74) is 11.6. The molecule has 4 N–H and O–H groups in total. The molecular weight excluding hydrogens is 858 g/mol. The molecule has 2 saturated carbocycles. The van der Waals surface area contributed by atoms with Crippen molar-refractivity contribution < 1.29 is 37.7 Å². The molecule has 0 bridgehead atoms. The standard InChI is InChI=1S/C23H23N5O4.C18H16ClN5O3.C4H7NO/c1-12-24-22(27-32-12)15-5-4-6-16(21(15)31-3)26-17-9-14(10-19(29)13-7-8-13)25-18-11-28(2)23(30)20(17)18;1-9-20-17(23-27-9)10-5-4-6-11(16(10)26-3)21-12-7-14(19)22-13-8-24(2)18(25)15(12)13;5-4(6)3-1-2-3/h4-6,9,13H,7-8,10-11H2,1-3H3,(H,25,26);4-7H,8H2,1-3H3,(H,21,22);3H,1-2H2,(H2,5,6). The smallest absolute Gasteiger partial charge is 0.257 e. The van der Waals surface area contributed by atoms with Gasteiger partial charge in [0, 0.05) is 46.2 Å². The van der Waals surface area contributed by atoms with Crippen LogP contribution in [-0.4, -0.2) is 91.9 Å². The van der Waals surface area contributed by atoms with Crippen LogP contribution >= 0.6 is 11.6 Å². The maximum Gasteiger partial charge on any atom is 0.257 e. The summed E-state index contributed by atoms with van der Waals surface area (Å²) in [7, 11) is 6.58. The van der Waals surface area contributed by atoms with Gasteiger partial charge in [0.1, 0.15) is 10.9 Å². The van der Waals surface area contributed by atoms with Crippen molar-refractivity contribution in [1.29, 1.82) is 0 Å². The van der Waals surface area contributed by atoms with E-state index in [-0.39, 0.29) is 41.8 Å². The Balaban J connectivity index is 0.000000159. The fourth-order valence-corrected chi connectivity index (χ4v) is 7.67. The number of para-hydroxylation sites is 2. The van der Waals surface area contributed by atoms with Crippen LogP contribution in [0.5, 0.6) is 11.5 Å². The number of ketones is 1. The molecule has 3 amide bonds. The Morgan fingerprint density at radius 1 is 0.723 bits per heavy atom. The number of anilines is 4. The van der Waals surface area contributed by atoms with Gasteiger partial charge in [-0.15, -0.1) is 0 Å². The summed E-state index contributed by atoms with van der Waals surface area (Å²) in [4.78, 5) is 68.4. The molecule has 0 saturated heterocycles. The minimum absolute atomic E-state index is 0.111. The average molecular weight is 904 g/mol. The molecule has 0 radical (unpaired) electrons. The van der Waals surface area contributed by atoms with E-state index in [9.17, 15) is 19.2 Å². The molecule has 4 aliphatic rings. The van der Waals surface area contributed by atoms with Crippen molar-refractivity contribution in [2.24, 2.45) is 17.6 Å². The van der Waals surface area contributed by atoms with Crippen molar-refractivity contribution in [1.82, 2.24) is 40.0 Å². The molecule has 2 aliphatic heterocycles. The molecular formula is C45H46ClN11O8. The van der Waals surface area contributed by atoms with Crippen LogP contribution in [0.25, 0.3) is 22.8 Å². The number of nitrogens with zero attached hydrogens (tertiary/aromatic N) is 8. The Labute approximate surface area is 378 Å². The van der Waals surface area contributed by atoms with E-state index in [0.29, 0.717) is 115 Å². The van der Waals surface area contributed by atoms with Gasteiger partial charge in [0.25, 0.3) is 11.8 Å². The normalized spacial score (nSPS) is 14.8. The van der Waals surface area contributed by atoms with Gasteiger partial charge in [-0.05, 0) is 62.1 Å². The Bertz CT molecular complexity index is 2840. The minimum atomic E-state index is -0.130. The van der Waals surface area contributed by atoms with Crippen molar-refractivity contribution in [2.45, 2.75) is 59.0 Å². The first kappa shape index (κ1) is 44.2. The quantitative estimate of drug-likeness (QED) is 0.109. The highest BCUT2D eigenvalue weighted by atomic mass is 35.5. The van der Waals surface area contributed by atoms with E-state index in [0.717, 1.165) is 25.7 Å². The summed E-state index contributed by atoms with van der Waals surface area (Å²) >= 11 is 6.15. The summed E-state index contributed by atoms with van der Waals surface area (Å²) in [6, 6.07) is 14.4. The van der Waals surface area contributed by atoms with Crippen LogP contribution < -0.4 is 25.8 Å². The third-order valence-electron chi connectivity index (χ3n) is 11.0. The minimum Gasteiger partial charge on any atom is -0.494 e. The highest BCUT2D eigenvalue weighted by Crippen LogP contribution is 2.41. The number of Topliss-reactive ketones (excluding diaryl/α,β-unsaturated/α-hetero) is 1. The number of hydrogen-bond acceptors (Lipinski definition) is 16. The summed E-state index contributed by atoms with van der Waals surface area (Å²) in [6.07, 6.45) is 4.22. The number of ether oxygens (including phenoxy) is 2. The molecule has 10 rings (SSSR count). The van der Waals surface area contributed by atoms with E-state index in [1.54, 1.807) is 64.1 Å². The van der Waals surface area contributed by atoms with Crippen LogP contribution in [0.15, 0.2) is 57.6 Å². The van der Waals surface area contributed by atoms with Crippen LogP contribution in [0.2, 0.25) is 5.15 Å². The molecule has 2 aromatic carbocycles. The second-order valence-corrected chi connectivity index (χ2v) is 16.4. The number of carbonyl (C=O) groups is 4. The van der Waals surface area contributed by atoms with E-state index in [1.165, 1.54) is 0 Å². The van der Waals surface area contributed by atoms with Gasteiger partial charge in [-0.25, -0.2) is 4.98 Å². The number of fused-ring (bicyclic) bond motifs is 2. The van der Waals surface area contributed by atoms with Crippen molar-refractivity contribution in [3.8, 4) is 34.3 Å². The first-order valence-corrected chi connectivity index (χ1v) is 21.1. The third-order valence-corrected chi connectivity index (χ3v) is 11.2.